The topological polar surface area (TPSA) is 92.4 Å². The van der Waals surface area contributed by atoms with Crippen LogP contribution in [-0.4, -0.2) is 29.1 Å². The van der Waals surface area contributed by atoms with Gasteiger partial charge in [-0.1, -0.05) is 20.8 Å². The molecule has 0 saturated heterocycles. The molecule has 1 unspecified atom stereocenters. The first-order valence-electron chi connectivity index (χ1n) is 5.98. The maximum Gasteiger partial charge on any atom is 0.223 e. The van der Waals surface area contributed by atoms with Crippen molar-refractivity contribution in [3.05, 3.63) is 0 Å². The van der Waals surface area contributed by atoms with Crippen LogP contribution >= 0.6 is 0 Å². The highest BCUT2D eigenvalue weighted by Gasteiger charge is 2.22. The van der Waals surface area contributed by atoms with Crippen LogP contribution in [-0.2, 0) is 9.59 Å². The quantitative estimate of drug-likeness (QED) is 0.565. The minimum atomic E-state index is -1.00. The summed E-state index contributed by atoms with van der Waals surface area (Å²) in [4.78, 5) is 23.1. The SMILES string of the molecule is CC(=O)[C@H](CC(C)C)NC(=O)[C@@H](C)CC(N)O. The summed E-state index contributed by atoms with van der Waals surface area (Å²) in [5, 5.41) is 11.7. The summed E-state index contributed by atoms with van der Waals surface area (Å²) in [6.07, 6.45) is -0.187. The third-order valence-electron chi connectivity index (χ3n) is 2.56. The fourth-order valence-corrected chi connectivity index (χ4v) is 1.58. The molecule has 0 aliphatic carbocycles. The highest BCUT2D eigenvalue weighted by Crippen LogP contribution is 2.09. The predicted octanol–water partition coefficient (Wildman–Crippen LogP) is 0.410. The molecular weight excluding hydrogens is 220 g/mol. The molecule has 0 radical (unpaired) electrons. The summed E-state index contributed by atoms with van der Waals surface area (Å²) in [5.74, 6) is -0.355. The molecule has 0 aromatic rings. The molecule has 0 rings (SSSR count). The molecule has 1 amide bonds. The molecule has 100 valence electrons. The molecule has 17 heavy (non-hydrogen) atoms. The molecule has 0 heterocycles. The molecule has 5 nitrogen and oxygen atoms in total. The zero-order valence-electron chi connectivity index (χ0n) is 11.1. The number of hydrogen-bond donors (Lipinski definition) is 3. The van der Waals surface area contributed by atoms with Crippen molar-refractivity contribution in [1.29, 1.82) is 0 Å². The lowest BCUT2D eigenvalue weighted by Gasteiger charge is -2.21. The highest BCUT2D eigenvalue weighted by molar-refractivity contribution is 5.88. The molecule has 0 spiro atoms. The number of carbonyl (C=O) groups is 2. The summed E-state index contributed by atoms with van der Waals surface area (Å²) in [6.45, 7) is 7.14. The van der Waals surface area contributed by atoms with Crippen LogP contribution in [0.5, 0.6) is 0 Å². The lowest BCUT2D eigenvalue weighted by molar-refractivity contribution is -0.130. The molecule has 0 fully saturated rings. The normalized spacial score (nSPS) is 16.4. The van der Waals surface area contributed by atoms with E-state index in [0.717, 1.165) is 0 Å². The lowest BCUT2D eigenvalue weighted by atomic mass is 9.99. The van der Waals surface area contributed by atoms with Gasteiger partial charge in [0, 0.05) is 5.92 Å². The number of aliphatic hydroxyl groups is 1. The maximum atomic E-state index is 11.7. The first kappa shape index (κ1) is 16.1. The van der Waals surface area contributed by atoms with Gasteiger partial charge in [0.1, 0.15) is 6.23 Å². The maximum absolute atomic E-state index is 11.7. The average molecular weight is 244 g/mol. The lowest BCUT2D eigenvalue weighted by Crippen LogP contribution is -2.44. The number of nitrogens with two attached hydrogens (primary N) is 1. The third kappa shape index (κ3) is 7.07. The van der Waals surface area contributed by atoms with Crippen LogP contribution in [0.4, 0.5) is 0 Å². The van der Waals surface area contributed by atoms with Gasteiger partial charge in [-0.2, -0.15) is 0 Å². The van der Waals surface area contributed by atoms with E-state index in [1.165, 1.54) is 6.92 Å². The second-order valence-corrected chi connectivity index (χ2v) is 5.01. The summed E-state index contributed by atoms with van der Waals surface area (Å²) in [5.41, 5.74) is 5.21. The third-order valence-corrected chi connectivity index (χ3v) is 2.56. The molecule has 0 saturated carbocycles. The van der Waals surface area contributed by atoms with E-state index in [9.17, 15) is 9.59 Å². The van der Waals surface area contributed by atoms with Crippen molar-refractivity contribution in [2.24, 2.45) is 17.6 Å². The van der Waals surface area contributed by atoms with Crippen LogP contribution in [0.15, 0.2) is 0 Å². The Kier molecular flexibility index (Phi) is 6.99. The number of aliphatic hydroxyl groups excluding tert-OH is 1. The van der Waals surface area contributed by atoms with Crippen LogP contribution < -0.4 is 11.1 Å². The van der Waals surface area contributed by atoms with Gasteiger partial charge in [0.05, 0.1) is 6.04 Å². The minimum Gasteiger partial charge on any atom is -0.379 e. The minimum absolute atomic E-state index is 0.0486. The van der Waals surface area contributed by atoms with Crippen LogP contribution in [0, 0.1) is 11.8 Å². The number of amides is 1. The van der Waals surface area contributed by atoms with Crippen LogP contribution in [0.25, 0.3) is 0 Å². The highest BCUT2D eigenvalue weighted by atomic mass is 16.3. The van der Waals surface area contributed by atoms with E-state index in [1.54, 1.807) is 6.92 Å². The molecule has 0 aliphatic heterocycles. The van der Waals surface area contributed by atoms with Gasteiger partial charge in [-0.25, -0.2) is 0 Å². The van der Waals surface area contributed by atoms with Gasteiger partial charge in [0.15, 0.2) is 5.78 Å². The zero-order chi connectivity index (χ0) is 13.6. The van der Waals surface area contributed by atoms with Crippen LogP contribution in [0.3, 0.4) is 0 Å². The van der Waals surface area contributed by atoms with E-state index in [4.69, 9.17) is 10.8 Å². The molecule has 0 bridgehead atoms. The van der Waals surface area contributed by atoms with E-state index >= 15 is 0 Å². The van der Waals surface area contributed by atoms with Gasteiger partial charge in [-0.15, -0.1) is 0 Å². The van der Waals surface area contributed by atoms with Crippen molar-refractivity contribution in [1.82, 2.24) is 5.32 Å². The van der Waals surface area contributed by atoms with E-state index in [2.05, 4.69) is 5.32 Å². The molecule has 0 aromatic carbocycles. The van der Waals surface area contributed by atoms with E-state index in [1.807, 2.05) is 13.8 Å². The van der Waals surface area contributed by atoms with Crippen LogP contribution in [0.2, 0.25) is 0 Å². The van der Waals surface area contributed by atoms with Crippen molar-refractivity contribution in [3.63, 3.8) is 0 Å². The molecule has 4 N–H and O–H groups in total. The Morgan fingerprint density at radius 1 is 1.24 bits per heavy atom. The van der Waals surface area contributed by atoms with E-state index in [-0.39, 0.29) is 18.1 Å². The Labute approximate surface area is 103 Å². The second-order valence-electron chi connectivity index (χ2n) is 5.01. The Bertz CT molecular complexity index is 264. The zero-order valence-corrected chi connectivity index (χ0v) is 11.1. The first-order valence-corrected chi connectivity index (χ1v) is 5.98. The number of rotatable bonds is 7. The molecule has 3 atom stereocenters. The van der Waals surface area contributed by atoms with Crippen molar-refractivity contribution < 1.29 is 14.7 Å². The Morgan fingerprint density at radius 3 is 2.12 bits per heavy atom. The van der Waals surface area contributed by atoms with Gasteiger partial charge in [0.25, 0.3) is 0 Å². The van der Waals surface area contributed by atoms with Crippen LogP contribution in [0.1, 0.15) is 40.5 Å². The van der Waals surface area contributed by atoms with Gasteiger partial charge < -0.3 is 16.2 Å². The predicted molar refractivity (Wildman–Crippen MR) is 66.0 cm³/mol. The number of ketones is 1. The van der Waals surface area contributed by atoms with Crippen molar-refractivity contribution in [3.8, 4) is 0 Å². The monoisotopic (exact) mass is 244 g/mol. The number of Topliss-reactive ketones (excluding diaryl/α,β-unsaturated/α-hetero) is 1. The van der Waals surface area contributed by atoms with Gasteiger partial charge in [0.2, 0.25) is 5.91 Å². The standard InChI is InChI=1S/C12H24N2O3/c1-7(2)5-10(9(4)15)14-12(17)8(3)6-11(13)16/h7-8,10-11,16H,5-6,13H2,1-4H3,(H,14,17)/t8-,10-,11?/m0/s1. The number of nitrogens with one attached hydrogen (secondary N) is 1. The van der Waals surface area contributed by atoms with Gasteiger partial charge >= 0.3 is 0 Å². The summed E-state index contributed by atoms with van der Waals surface area (Å²) < 4.78 is 0. The van der Waals surface area contributed by atoms with Crippen molar-refractivity contribution >= 4 is 11.7 Å². The average Bonchev–Trinajstić information content (AvgIpc) is 2.14. The summed E-state index contributed by atoms with van der Waals surface area (Å²) in [6, 6.07) is -0.445. The first-order chi connectivity index (χ1) is 7.73. The molecule has 0 aromatic heterocycles. The van der Waals surface area contributed by atoms with Crippen molar-refractivity contribution in [2.45, 2.75) is 52.8 Å². The van der Waals surface area contributed by atoms with Gasteiger partial charge in [-0.3, -0.25) is 9.59 Å². The largest absolute Gasteiger partial charge is 0.379 e. The fourth-order valence-electron chi connectivity index (χ4n) is 1.58. The summed E-state index contributed by atoms with van der Waals surface area (Å²) >= 11 is 0. The Hall–Kier alpha value is -0.940. The molecular formula is C12H24N2O3. The molecule has 0 aliphatic rings. The van der Waals surface area contributed by atoms with E-state index < -0.39 is 18.2 Å². The number of hydrogen-bond acceptors (Lipinski definition) is 4. The van der Waals surface area contributed by atoms with Gasteiger partial charge in [-0.05, 0) is 25.7 Å². The second kappa shape index (κ2) is 7.40. The fraction of sp³-hybridized carbons (Fsp3) is 0.833. The Balaban J connectivity index is 4.35. The van der Waals surface area contributed by atoms with E-state index in [0.29, 0.717) is 12.3 Å². The van der Waals surface area contributed by atoms with Crippen molar-refractivity contribution in [2.75, 3.05) is 0 Å². The smallest absolute Gasteiger partial charge is 0.223 e. The molecule has 5 heteroatoms. The number of carbonyl (C=O) groups excluding carboxylic acids is 2. The summed E-state index contributed by atoms with van der Waals surface area (Å²) in [7, 11) is 0. The Morgan fingerprint density at radius 2 is 1.76 bits per heavy atom.